The van der Waals surface area contributed by atoms with Crippen molar-refractivity contribution in [2.75, 3.05) is 23.7 Å². The summed E-state index contributed by atoms with van der Waals surface area (Å²) in [5, 5.41) is 19.0. The van der Waals surface area contributed by atoms with Crippen LogP contribution < -0.4 is 20.7 Å². The van der Waals surface area contributed by atoms with Crippen LogP contribution in [0.4, 0.5) is 17.3 Å². The first-order valence-corrected chi connectivity index (χ1v) is 12.1. The van der Waals surface area contributed by atoms with E-state index in [1.807, 2.05) is 0 Å². The molecular formula is C27H28ClN5O4. The number of amides is 1. The summed E-state index contributed by atoms with van der Waals surface area (Å²) in [6.45, 7) is 7.20. The number of anilines is 3. The fraction of sp³-hybridized carbons (Fsp3) is 0.259. The van der Waals surface area contributed by atoms with Crippen molar-refractivity contribution in [1.82, 2.24) is 15.3 Å². The van der Waals surface area contributed by atoms with Gasteiger partial charge in [-0.2, -0.15) is 0 Å². The van der Waals surface area contributed by atoms with E-state index in [0.717, 1.165) is 0 Å². The van der Waals surface area contributed by atoms with Gasteiger partial charge in [0, 0.05) is 29.9 Å². The number of rotatable bonds is 7. The van der Waals surface area contributed by atoms with Crippen LogP contribution in [-0.2, 0) is 4.79 Å². The van der Waals surface area contributed by atoms with Crippen LogP contribution in [0.25, 0.3) is 6.08 Å². The third kappa shape index (κ3) is 6.77. The summed E-state index contributed by atoms with van der Waals surface area (Å²) < 4.78 is 5.91. The molecule has 0 aliphatic carbocycles. The van der Waals surface area contributed by atoms with Crippen LogP contribution in [0.5, 0.6) is 11.5 Å². The number of carboxylic acids is 1. The number of nitrogens with zero attached hydrogens (tertiary/aromatic N) is 2. The lowest BCUT2D eigenvalue weighted by atomic mass is 9.97. The Morgan fingerprint density at radius 3 is 2.57 bits per heavy atom. The van der Waals surface area contributed by atoms with Gasteiger partial charge in [-0.05, 0) is 60.4 Å². The quantitative estimate of drug-likeness (QED) is 0.311. The Bertz CT molecular complexity index is 1350. The van der Waals surface area contributed by atoms with E-state index in [9.17, 15) is 14.7 Å². The predicted molar refractivity (Wildman–Crippen MR) is 144 cm³/mol. The van der Waals surface area contributed by atoms with E-state index in [-0.39, 0.29) is 16.9 Å². The van der Waals surface area contributed by atoms with E-state index < -0.39 is 5.97 Å². The molecule has 0 radical (unpaired) electrons. The standard InChI is InChI=1S/C27H28ClN5O4/c1-27(2,3)14-30-25(34)16-4-7-19(8-5-16)37-22-9-6-18(13-21(22)28)33-24-20-12-17(26(35)36)10-11-29-23(20)31-15-32-24/h4-9,12-13,15H,10-11,14H2,1-3H3,(H,30,34)(H,35,36)(H2,29,31,32,33). The third-order valence-corrected chi connectivity index (χ3v) is 5.78. The van der Waals surface area contributed by atoms with Crippen molar-refractivity contribution in [2.45, 2.75) is 27.2 Å². The number of carbonyl (C=O) groups is 2. The van der Waals surface area contributed by atoms with Crippen LogP contribution >= 0.6 is 11.6 Å². The molecule has 4 rings (SSSR count). The zero-order chi connectivity index (χ0) is 26.6. The van der Waals surface area contributed by atoms with Crippen molar-refractivity contribution in [3.63, 3.8) is 0 Å². The smallest absolute Gasteiger partial charge is 0.331 e. The van der Waals surface area contributed by atoms with Gasteiger partial charge in [0.25, 0.3) is 5.91 Å². The van der Waals surface area contributed by atoms with Crippen molar-refractivity contribution in [3.8, 4) is 11.5 Å². The molecule has 1 aliphatic heterocycles. The summed E-state index contributed by atoms with van der Waals surface area (Å²) in [4.78, 5) is 32.4. The van der Waals surface area contributed by atoms with E-state index in [4.69, 9.17) is 16.3 Å². The van der Waals surface area contributed by atoms with Crippen LogP contribution in [-0.4, -0.2) is 40.0 Å². The average molecular weight is 522 g/mol. The van der Waals surface area contributed by atoms with Crippen LogP contribution in [0.2, 0.25) is 5.02 Å². The molecule has 0 unspecified atom stereocenters. The van der Waals surface area contributed by atoms with E-state index in [1.54, 1.807) is 48.5 Å². The molecule has 0 spiro atoms. The number of ether oxygens (including phenoxy) is 1. The minimum Gasteiger partial charge on any atom is -0.478 e. The number of carbonyl (C=O) groups excluding carboxylic acids is 1. The SMILES string of the molecule is CC(C)(C)CNC(=O)c1ccc(Oc2ccc(Nc3ncnc4c3C=C(C(=O)O)CCN4)cc2Cl)cc1. The maximum absolute atomic E-state index is 12.3. The molecule has 192 valence electrons. The minimum atomic E-state index is -0.979. The minimum absolute atomic E-state index is 0.00238. The maximum Gasteiger partial charge on any atom is 0.331 e. The predicted octanol–water partition coefficient (Wildman–Crippen LogP) is 5.73. The molecule has 4 N–H and O–H groups in total. The number of hydrogen-bond donors (Lipinski definition) is 4. The van der Waals surface area contributed by atoms with E-state index in [2.05, 4.69) is 46.7 Å². The normalized spacial score (nSPS) is 12.9. The third-order valence-electron chi connectivity index (χ3n) is 5.48. The zero-order valence-electron chi connectivity index (χ0n) is 20.8. The number of fused-ring (bicyclic) bond motifs is 1. The van der Waals surface area contributed by atoms with E-state index >= 15 is 0 Å². The Kier molecular flexibility index (Phi) is 7.63. The van der Waals surface area contributed by atoms with Crippen LogP contribution in [0.3, 0.4) is 0 Å². The molecule has 37 heavy (non-hydrogen) atoms. The topological polar surface area (TPSA) is 125 Å². The molecule has 0 saturated carbocycles. The van der Waals surface area contributed by atoms with Gasteiger partial charge in [-0.3, -0.25) is 4.79 Å². The lowest BCUT2D eigenvalue weighted by molar-refractivity contribution is -0.132. The highest BCUT2D eigenvalue weighted by molar-refractivity contribution is 6.32. The molecule has 2 aromatic carbocycles. The number of carboxylic acid groups (broad SMARTS) is 1. The van der Waals surface area contributed by atoms with Gasteiger partial charge in [-0.15, -0.1) is 0 Å². The van der Waals surface area contributed by atoms with Crippen molar-refractivity contribution in [3.05, 3.63) is 70.5 Å². The molecule has 0 fully saturated rings. The Labute approximate surface area is 219 Å². The highest BCUT2D eigenvalue weighted by atomic mass is 35.5. The highest BCUT2D eigenvalue weighted by Gasteiger charge is 2.18. The molecule has 0 bridgehead atoms. The largest absolute Gasteiger partial charge is 0.478 e. The lowest BCUT2D eigenvalue weighted by Crippen LogP contribution is -2.32. The fourth-order valence-corrected chi connectivity index (χ4v) is 3.77. The second-order valence-electron chi connectivity index (χ2n) is 9.78. The summed E-state index contributed by atoms with van der Waals surface area (Å²) in [6.07, 6.45) is 3.34. The summed E-state index contributed by atoms with van der Waals surface area (Å²) in [7, 11) is 0. The molecule has 9 nitrogen and oxygen atoms in total. The van der Waals surface area contributed by atoms with Gasteiger partial charge in [-0.25, -0.2) is 14.8 Å². The number of nitrogens with one attached hydrogen (secondary N) is 3. The van der Waals surface area contributed by atoms with Gasteiger partial charge in [-0.1, -0.05) is 32.4 Å². The molecule has 10 heteroatoms. The fourth-order valence-electron chi connectivity index (χ4n) is 3.55. The Hall–Kier alpha value is -4.11. The molecule has 1 aromatic heterocycles. The Morgan fingerprint density at radius 1 is 1.14 bits per heavy atom. The molecule has 1 aliphatic rings. The summed E-state index contributed by atoms with van der Waals surface area (Å²) >= 11 is 6.48. The van der Waals surface area contributed by atoms with Crippen molar-refractivity contribution >= 4 is 46.9 Å². The van der Waals surface area contributed by atoms with Gasteiger partial charge in [0.1, 0.15) is 29.5 Å². The van der Waals surface area contributed by atoms with Crippen LogP contribution in [0, 0.1) is 5.41 Å². The molecule has 0 saturated heterocycles. The number of aliphatic carboxylic acids is 1. The van der Waals surface area contributed by atoms with Crippen molar-refractivity contribution in [1.29, 1.82) is 0 Å². The van der Waals surface area contributed by atoms with Gasteiger partial charge >= 0.3 is 5.97 Å². The van der Waals surface area contributed by atoms with Gasteiger partial charge in [0.05, 0.1) is 10.6 Å². The zero-order valence-corrected chi connectivity index (χ0v) is 21.5. The van der Waals surface area contributed by atoms with Gasteiger partial charge in [0.15, 0.2) is 0 Å². The molecule has 3 aromatic rings. The number of halogens is 1. The average Bonchev–Trinajstić information content (AvgIpc) is 3.08. The summed E-state index contributed by atoms with van der Waals surface area (Å²) in [6, 6.07) is 12.0. The van der Waals surface area contributed by atoms with E-state index in [0.29, 0.717) is 64.5 Å². The maximum atomic E-state index is 12.3. The first-order chi connectivity index (χ1) is 17.6. The Balaban J connectivity index is 1.47. The summed E-state index contributed by atoms with van der Waals surface area (Å²) in [5.41, 5.74) is 2.00. The number of benzene rings is 2. The summed E-state index contributed by atoms with van der Waals surface area (Å²) in [5.74, 6) is 0.853. The first kappa shape index (κ1) is 26.0. The first-order valence-electron chi connectivity index (χ1n) is 11.7. The number of aromatic nitrogens is 2. The van der Waals surface area contributed by atoms with Gasteiger partial charge in [0.2, 0.25) is 0 Å². The van der Waals surface area contributed by atoms with Gasteiger partial charge < -0.3 is 25.8 Å². The van der Waals surface area contributed by atoms with Crippen LogP contribution in [0.1, 0.15) is 43.1 Å². The van der Waals surface area contributed by atoms with Crippen molar-refractivity contribution in [2.24, 2.45) is 5.41 Å². The molecule has 0 atom stereocenters. The molecule has 2 heterocycles. The van der Waals surface area contributed by atoms with Crippen molar-refractivity contribution < 1.29 is 19.4 Å². The number of hydrogen-bond acceptors (Lipinski definition) is 7. The second kappa shape index (κ2) is 10.9. The molecular weight excluding hydrogens is 494 g/mol. The Morgan fingerprint density at radius 2 is 1.89 bits per heavy atom. The second-order valence-corrected chi connectivity index (χ2v) is 10.2. The lowest BCUT2D eigenvalue weighted by Gasteiger charge is -2.18. The highest BCUT2D eigenvalue weighted by Crippen LogP contribution is 2.34. The monoisotopic (exact) mass is 521 g/mol. The van der Waals surface area contributed by atoms with E-state index in [1.165, 1.54) is 6.33 Å². The van der Waals surface area contributed by atoms with Crippen LogP contribution in [0.15, 0.2) is 54.4 Å². The molecule has 1 amide bonds.